The van der Waals surface area contributed by atoms with Gasteiger partial charge in [-0.2, -0.15) is 0 Å². The van der Waals surface area contributed by atoms with Gasteiger partial charge in [-0.1, -0.05) is 0 Å². The zero-order chi connectivity index (χ0) is 18.6. The van der Waals surface area contributed by atoms with Crippen molar-refractivity contribution in [2.75, 3.05) is 36.5 Å². The Hall–Kier alpha value is -3.03. The third-order valence-electron chi connectivity index (χ3n) is 4.73. The summed E-state index contributed by atoms with van der Waals surface area (Å²) < 4.78 is 11.2. The normalized spacial score (nSPS) is 18.7. The topological polar surface area (TPSA) is 88.6 Å². The lowest BCUT2D eigenvalue weighted by Crippen LogP contribution is -2.49. The third-order valence-corrected chi connectivity index (χ3v) is 4.73. The highest BCUT2D eigenvalue weighted by atomic mass is 16.6. The summed E-state index contributed by atoms with van der Waals surface area (Å²) >= 11 is 0. The van der Waals surface area contributed by atoms with Crippen LogP contribution in [0.5, 0.6) is 11.5 Å². The van der Waals surface area contributed by atoms with Crippen molar-refractivity contribution in [3.63, 3.8) is 0 Å². The number of amides is 2. The first kappa shape index (κ1) is 17.4. The molecule has 8 heteroatoms. The summed E-state index contributed by atoms with van der Waals surface area (Å²) in [5.41, 5.74) is 1.65. The molecule has 2 amide bonds. The van der Waals surface area contributed by atoms with E-state index in [0.717, 1.165) is 36.4 Å². The average molecular weight is 369 g/mol. The second-order valence-corrected chi connectivity index (χ2v) is 6.74. The summed E-state index contributed by atoms with van der Waals surface area (Å²) in [4.78, 5) is 23.2. The van der Waals surface area contributed by atoms with E-state index in [1.165, 1.54) is 0 Å². The number of aryl methyl sites for hydroxylation is 1. The molecule has 1 atom stereocenters. The fourth-order valence-corrected chi connectivity index (χ4v) is 3.40. The van der Waals surface area contributed by atoms with E-state index in [9.17, 15) is 4.79 Å². The monoisotopic (exact) mass is 369 g/mol. The van der Waals surface area contributed by atoms with Crippen LogP contribution in [0, 0.1) is 6.92 Å². The average Bonchev–Trinajstić information content (AvgIpc) is 2.69. The van der Waals surface area contributed by atoms with Crippen LogP contribution in [-0.4, -0.2) is 48.3 Å². The molecule has 1 aromatic carbocycles. The molecule has 2 aliphatic rings. The fraction of sp³-hybridized carbons (Fsp3) is 0.421. The summed E-state index contributed by atoms with van der Waals surface area (Å²) in [6, 6.07) is 5.32. The summed E-state index contributed by atoms with van der Waals surface area (Å²) in [5.74, 6) is 2.08. The van der Waals surface area contributed by atoms with E-state index >= 15 is 0 Å². The first-order valence-corrected chi connectivity index (χ1v) is 9.19. The number of nitrogens with zero attached hydrogens (tertiary/aromatic N) is 3. The highest BCUT2D eigenvalue weighted by Crippen LogP contribution is 2.35. The molecule has 8 nitrogen and oxygen atoms in total. The van der Waals surface area contributed by atoms with Crippen LogP contribution in [0.4, 0.5) is 16.4 Å². The molecule has 1 unspecified atom stereocenters. The van der Waals surface area contributed by atoms with Gasteiger partial charge in [-0.25, -0.2) is 14.8 Å². The van der Waals surface area contributed by atoms with Crippen LogP contribution >= 0.6 is 0 Å². The number of rotatable bonds is 3. The van der Waals surface area contributed by atoms with E-state index in [0.29, 0.717) is 31.5 Å². The number of hydrogen-bond donors (Lipinski definition) is 2. The Bertz CT molecular complexity index is 814. The van der Waals surface area contributed by atoms with E-state index in [2.05, 4.69) is 25.5 Å². The molecule has 0 aliphatic carbocycles. The molecule has 2 N–H and O–H groups in total. The van der Waals surface area contributed by atoms with Gasteiger partial charge in [-0.15, -0.1) is 0 Å². The SMILES string of the molecule is Cc1cc2c(cc1NC(=O)NC1CCCN(c3ncccn3)C1)OCCO2. The summed E-state index contributed by atoms with van der Waals surface area (Å²) in [6.07, 6.45) is 5.37. The number of ether oxygens (including phenoxy) is 2. The summed E-state index contributed by atoms with van der Waals surface area (Å²) in [5, 5.41) is 5.98. The third kappa shape index (κ3) is 4.05. The van der Waals surface area contributed by atoms with Crippen LogP contribution in [0.1, 0.15) is 18.4 Å². The summed E-state index contributed by atoms with van der Waals surface area (Å²) in [6.45, 7) is 4.58. The van der Waals surface area contributed by atoms with Crippen molar-refractivity contribution >= 4 is 17.7 Å². The number of carbonyl (C=O) groups is 1. The molecule has 0 radical (unpaired) electrons. The lowest BCUT2D eigenvalue weighted by Gasteiger charge is -2.33. The van der Waals surface area contributed by atoms with Crippen LogP contribution in [0.3, 0.4) is 0 Å². The predicted molar refractivity (Wildman–Crippen MR) is 102 cm³/mol. The standard InChI is InChI=1S/C19H23N5O3/c1-13-10-16-17(27-9-8-26-16)11-15(13)23-19(25)22-14-4-2-7-24(12-14)18-20-5-3-6-21-18/h3,5-6,10-11,14H,2,4,7-9,12H2,1H3,(H2,22,23,25). The van der Waals surface area contributed by atoms with Gasteiger partial charge >= 0.3 is 6.03 Å². The smallest absolute Gasteiger partial charge is 0.319 e. The van der Waals surface area contributed by atoms with Crippen molar-refractivity contribution in [1.82, 2.24) is 15.3 Å². The van der Waals surface area contributed by atoms with Gasteiger partial charge in [-0.3, -0.25) is 0 Å². The van der Waals surface area contributed by atoms with Crippen molar-refractivity contribution in [3.05, 3.63) is 36.2 Å². The quantitative estimate of drug-likeness (QED) is 0.863. The van der Waals surface area contributed by atoms with Gasteiger partial charge < -0.3 is 25.0 Å². The summed E-state index contributed by atoms with van der Waals surface area (Å²) in [7, 11) is 0. The number of urea groups is 1. The number of anilines is 2. The van der Waals surface area contributed by atoms with E-state index in [-0.39, 0.29) is 12.1 Å². The Kier molecular flexibility index (Phi) is 4.95. The molecule has 27 heavy (non-hydrogen) atoms. The van der Waals surface area contributed by atoms with Crippen molar-refractivity contribution in [2.45, 2.75) is 25.8 Å². The van der Waals surface area contributed by atoms with Crippen molar-refractivity contribution in [2.24, 2.45) is 0 Å². The molecule has 0 spiro atoms. The Balaban J connectivity index is 1.38. The van der Waals surface area contributed by atoms with E-state index in [1.54, 1.807) is 18.5 Å². The molecule has 1 aromatic heterocycles. The number of nitrogens with one attached hydrogen (secondary N) is 2. The highest BCUT2D eigenvalue weighted by Gasteiger charge is 2.23. The second-order valence-electron chi connectivity index (χ2n) is 6.74. The number of fused-ring (bicyclic) bond motifs is 1. The van der Waals surface area contributed by atoms with Crippen LogP contribution in [-0.2, 0) is 0 Å². The Morgan fingerprint density at radius 1 is 1.19 bits per heavy atom. The largest absolute Gasteiger partial charge is 0.486 e. The predicted octanol–water partition coefficient (Wildman–Crippen LogP) is 2.35. The van der Waals surface area contributed by atoms with E-state index < -0.39 is 0 Å². The van der Waals surface area contributed by atoms with Gasteiger partial charge in [0.15, 0.2) is 11.5 Å². The van der Waals surface area contributed by atoms with Gasteiger partial charge in [0.2, 0.25) is 5.95 Å². The Labute approximate surface area is 157 Å². The number of benzene rings is 1. The van der Waals surface area contributed by atoms with Crippen LogP contribution in [0.2, 0.25) is 0 Å². The fourth-order valence-electron chi connectivity index (χ4n) is 3.40. The number of piperidine rings is 1. The first-order chi connectivity index (χ1) is 13.2. The second kappa shape index (κ2) is 7.69. The zero-order valence-electron chi connectivity index (χ0n) is 15.3. The van der Waals surface area contributed by atoms with Crippen molar-refractivity contribution in [1.29, 1.82) is 0 Å². The Morgan fingerprint density at radius 2 is 1.93 bits per heavy atom. The van der Waals surface area contributed by atoms with Gasteiger partial charge in [0.05, 0.1) is 0 Å². The van der Waals surface area contributed by atoms with Crippen LogP contribution < -0.4 is 25.0 Å². The van der Waals surface area contributed by atoms with Gasteiger partial charge in [0, 0.05) is 43.3 Å². The van der Waals surface area contributed by atoms with E-state index in [4.69, 9.17) is 9.47 Å². The number of hydrogen-bond acceptors (Lipinski definition) is 6. The van der Waals surface area contributed by atoms with Crippen LogP contribution in [0.25, 0.3) is 0 Å². The zero-order valence-corrected chi connectivity index (χ0v) is 15.3. The Morgan fingerprint density at radius 3 is 2.70 bits per heavy atom. The van der Waals surface area contributed by atoms with Gasteiger partial charge in [0.1, 0.15) is 13.2 Å². The number of carbonyl (C=O) groups excluding carboxylic acids is 1. The minimum Gasteiger partial charge on any atom is -0.486 e. The first-order valence-electron chi connectivity index (χ1n) is 9.19. The number of aromatic nitrogens is 2. The molecular weight excluding hydrogens is 346 g/mol. The molecule has 2 aliphatic heterocycles. The van der Waals surface area contributed by atoms with Crippen LogP contribution in [0.15, 0.2) is 30.6 Å². The highest BCUT2D eigenvalue weighted by molar-refractivity contribution is 5.90. The maximum absolute atomic E-state index is 12.5. The molecule has 4 rings (SSSR count). The molecule has 2 aromatic rings. The lowest BCUT2D eigenvalue weighted by molar-refractivity contribution is 0.171. The van der Waals surface area contributed by atoms with E-state index in [1.807, 2.05) is 19.1 Å². The molecular formula is C19H23N5O3. The maximum atomic E-state index is 12.5. The molecule has 0 bridgehead atoms. The van der Waals surface area contributed by atoms with Gasteiger partial charge in [0.25, 0.3) is 0 Å². The molecule has 1 fully saturated rings. The lowest BCUT2D eigenvalue weighted by atomic mass is 10.1. The van der Waals surface area contributed by atoms with Crippen molar-refractivity contribution < 1.29 is 14.3 Å². The molecule has 3 heterocycles. The van der Waals surface area contributed by atoms with Gasteiger partial charge in [-0.05, 0) is 37.5 Å². The minimum absolute atomic E-state index is 0.0417. The molecule has 1 saturated heterocycles. The maximum Gasteiger partial charge on any atom is 0.319 e. The minimum atomic E-state index is -0.226. The molecule has 142 valence electrons. The molecule has 0 saturated carbocycles. The van der Waals surface area contributed by atoms with Crippen molar-refractivity contribution in [3.8, 4) is 11.5 Å².